The van der Waals surface area contributed by atoms with Crippen molar-refractivity contribution in [2.45, 2.75) is 19.4 Å². The number of ether oxygens (including phenoxy) is 2. The zero-order valence-electron chi connectivity index (χ0n) is 17.6. The van der Waals surface area contributed by atoms with Crippen LogP contribution in [0.4, 0.5) is 0 Å². The van der Waals surface area contributed by atoms with E-state index in [9.17, 15) is 0 Å². The molecule has 3 aromatic rings. The molecule has 1 unspecified atom stereocenters. The molecule has 7 heteroatoms. The van der Waals surface area contributed by atoms with Gasteiger partial charge in [0.15, 0.2) is 17.5 Å². The van der Waals surface area contributed by atoms with Crippen molar-refractivity contribution in [2.75, 3.05) is 27.2 Å². The van der Waals surface area contributed by atoms with Crippen molar-refractivity contribution < 1.29 is 9.47 Å². The molecule has 0 radical (unpaired) electrons. The van der Waals surface area contributed by atoms with Crippen LogP contribution in [-0.2, 0) is 6.42 Å². The molecule has 0 saturated heterocycles. The van der Waals surface area contributed by atoms with Gasteiger partial charge in [0.2, 0.25) is 0 Å². The summed E-state index contributed by atoms with van der Waals surface area (Å²) in [5.41, 5.74) is 2.28. The Morgan fingerprint density at radius 3 is 2.57 bits per heavy atom. The van der Waals surface area contributed by atoms with E-state index >= 15 is 0 Å². The predicted molar refractivity (Wildman–Crippen MR) is 133 cm³/mol. The maximum atomic E-state index is 5.97. The summed E-state index contributed by atoms with van der Waals surface area (Å²) in [5, 5.41) is 7.82. The Labute approximate surface area is 195 Å². The molecule has 0 saturated carbocycles. The number of hydrogen-bond donors (Lipinski definition) is 2. The van der Waals surface area contributed by atoms with Crippen molar-refractivity contribution in [3.8, 4) is 11.5 Å². The first-order valence-electron chi connectivity index (χ1n) is 9.78. The Morgan fingerprint density at radius 2 is 1.80 bits per heavy atom. The van der Waals surface area contributed by atoms with Crippen LogP contribution in [0.5, 0.6) is 11.5 Å². The molecule has 0 amide bonds. The summed E-state index contributed by atoms with van der Waals surface area (Å²) in [7, 11) is 3.41. The van der Waals surface area contributed by atoms with Gasteiger partial charge in [0.1, 0.15) is 6.10 Å². The number of nitrogens with one attached hydrogen (secondary N) is 2. The first-order chi connectivity index (χ1) is 14.2. The fourth-order valence-corrected chi connectivity index (χ4v) is 3.12. The molecule has 6 nitrogen and oxygen atoms in total. The van der Waals surface area contributed by atoms with E-state index in [-0.39, 0.29) is 30.1 Å². The van der Waals surface area contributed by atoms with E-state index in [1.165, 1.54) is 5.56 Å². The maximum Gasteiger partial charge on any atom is 0.191 e. The van der Waals surface area contributed by atoms with Crippen LogP contribution < -0.4 is 20.1 Å². The van der Waals surface area contributed by atoms with Crippen LogP contribution in [0.15, 0.2) is 65.8 Å². The van der Waals surface area contributed by atoms with Crippen molar-refractivity contribution in [1.29, 1.82) is 0 Å². The molecular weight excluding hydrogens is 491 g/mol. The third kappa shape index (κ3) is 6.48. The van der Waals surface area contributed by atoms with E-state index in [4.69, 9.17) is 9.47 Å². The van der Waals surface area contributed by atoms with Gasteiger partial charge in [-0.05, 0) is 37.1 Å². The first-order valence-corrected chi connectivity index (χ1v) is 9.78. The van der Waals surface area contributed by atoms with Gasteiger partial charge in [0, 0.05) is 25.2 Å². The molecule has 0 aliphatic rings. The average Bonchev–Trinajstić information content (AvgIpc) is 2.76. The quantitative estimate of drug-likeness (QED) is 0.267. The number of halogens is 1. The topological polar surface area (TPSA) is 67.8 Å². The van der Waals surface area contributed by atoms with Gasteiger partial charge in [-0.1, -0.05) is 36.4 Å². The standard InChI is InChI=1S/C23H28N4O2.HI/c1-17(29-21-12-5-4-11-20(21)28-3)16-27-23(24-2)26-15-13-19-9-6-8-18-10-7-14-25-22(18)19;/h4-12,14,17H,13,15-16H2,1-3H3,(H2,24,26,27);1H. The summed E-state index contributed by atoms with van der Waals surface area (Å²) >= 11 is 0. The first kappa shape index (κ1) is 23.7. The minimum Gasteiger partial charge on any atom is -0.493 e. The molecule has 1 atom stereocenters. The Bertz CT molecular complexity index is 959. The van der Waals surface area contributed by atoms with E-state index in [1.54, 1.807) is 14.2 Å². The van der Waals surface area contributed by atoms with Crippen molar-refractivity contribution in [1.82, 2.24) is 15.6 Å². The fraction of sp³-hybridized carbons (Fsp3) is 0.304. The number of aliphatic imine (C=N–C) groups is 1. The normalized spacial score (nSPS) is 12.0. The molecule has 3 rings (SSSR count). The molecule has 30 heavy (non-hydrogen) atoms. The molecule has 2 N–H and O–H groups in total. The summed E-state index contributed by atoms with van der Waals surface area (Å²) in [6.07, 6.45) is 2.65. The van der Waals surface area contributed by atoms with Crippen molar-refractivity contribution >= 4 is 40.8 Å². The number of nitrogens with zero attached hydrogens (tertiary/aromatic N) is 2. The number of benzene rings is 2. The summed E-state index contributed by atoms with van der Waals surface area (Å²) < 4.78 is 11.3. The van der Waals surface area contributed by atoms with Gasteiger partial charge < -0.3 is 20.1 Å². The van der Waals surface area contributed by atoms with Gasteiger partial charge in [0.05, 0.1) is 19.2 Å². The van der Waals surface area contributed by atoms with Crippen LogP contribution in [0.3, 0.4) is 0 Å². The maximum absolute atomic E-state index is 5.97. The van der Waals surface area contributed by atoms with Crippen LogP contribution in [0.2, 0.25) is 0 Å². The second-order valence-electron chi connectivity index (χ2n) is 6.70. The average molecular weight is 520 g/mol. The second-order valence-corrected chi connectivity index (χ2v) is 6.70. The van der Waals surface area contributed by atoms with Gasteiger partial charge in [0.25, 0.3) is 0 Å². The zero-order valence-corrected chi connectivity index (χ0v) is 19.9. The Hall–Kier alpha value is -2.55. The third-order valence-corrected chi connectivity index (χ3v) is 4.58. The Kier molecular flexibility index (Phi) is 9.66. The largest absolute Gasteiger partial charge is 0.493 e. The lowest BCUT2D eigenvalue weighted by molar-refractivity contribution is 0.213. The SMILES string of the molecule is CN=C(NCCc1cccc2cccnc12)NCC(C)Oc1ccccc1OC.I. The lowest BCUT2D eigenvalue weighted by Gasteiger charge is -2.19. The molecule has 0 bridgehead atoms. The third-order valence-electron chi connectivity index (χ3n) is 4.58. The second kappa shape index (κ2) is 12.2. The minimum absolute atomic E-state index is 0. The number of aromatic nitrogens is 1. The highest BCUT2D eigenvalue weighted by Crippen LogP contribution is 2.26. The number of guanidine groups is 1. The van der Waals surface area contributed by atoms with Gasteiger partial charge >= 0.3 is 0 Å². The highest BCUT2D eigenvalue weighted by Gasteiger charge is 2.09. The molecule has 1 aromatic heterocycles. The molecule has 0 aliphatic heterocycles. The highest BCUT2D eigenvalue weighted by molar-refractivity contribution is 14.0. The molecular formula is C23H29IN4O2. The molecule has 0 aliphatic carbocycles. The lowest BCUT2D eigenvalue weighted by Crippen LogP contribution is -2.42. The summed E-state index contributed by atoms with van der Waals surface area (Å²) in [4.78, 5) is 8.81. The molecule has 0 spiro atoms. The van der Waals surface area contributed by atoms with Crippen molar-refractivity contribution in [2.24, 2.45) is 4.99 Å². The number of fused-ring (bicyclic) bond motifs is 1. The van der Waals surface area contributed by atoms with E-state index in [0.29, 0.717) is 6.54 Å². The summed E-state index contributed by atoms with van der Waals surface area (Å²) in [6, 6.07) is 18.0. The number of pyridine rings is 1. The van der Waals surface area contributed by atoms with Crippen LogP contribution in [0, 0.1) is 0 Å². The van der Waals surface area contributed by atoms with Gasteiger partial charge in [-0.2, -0.15) is 0 Å². The highest BCUT2D eigenvalue weighted by atomic mass is 127. The van der Waals surface area contributed by atoms with Crippen LogP contribution in [0.1, 0.15) is 12.5 Å². The van der Waals surface area contributed by atoms with Crippen molar-refractivity contribution in [3.63, 3.8) is 0 Å². The summed E-state index contributed by atoms with van der Waals surface area (Å²) in [6.45, 7) is 3.39. The lowest BCUT2D eigenvalue weighted by atomic mass is 10.1. The van der Waals surface area contributed by atoms with Crippen LogP contribution in [0.25, 0.3) is 10.9 Å². The Morgan fingerprint density at radius 1 is 1.03 bits per heavy atom. The van der Waals surface area contributed by atoms with E-state index in [2.05, 4.69) is 44.9 Å². The van der Waals surface area contributed by atoms with Crippen molar-refractivity contribution in [3.05, 3.63) is 66.4 Å². The van der Waals surface area contributed by atoms with Gasteiger partial charge in [-0.3, -0.25) is 9.98 Å². The van der Waals surface area contributed by atoms with Gasteiger partial charge in [-0.25, -0.2) is 0 Å². The van der Waals surface area contributed by atoms with Crippen LogP contribution in [-0.4, -0.2) is 44.3 Å². The zero-order chi connectivity index (χ0) is 20.5. The number of para-hydroxylation sites is 3. The minimum atomic E-state index is -0.0490. The van der Waals surface area contributed by atoms with E-state index < -0.39 is 0 Å². The Balaban J connectivity index is 0.00000320. The molecule has 160 valence electrons. The van der Waals surface area contributed by atoms with Gasteiger partial charge in [-0.15, -0.1) is 24.0 Å². The van der Waals surface area contributed by atoms with Crippen LogP contribution >= 0.6 is 24.0 Å². The monoisotopic (exact) mass is 520 g/mol. The number of methoxy groups -OCH3 is 1. The smallest absolute Gasteiger partial charge is 0.191 e. The fourth-order valence-electron chi connectivity index (χ4n) is 3.12. The molecule has 2 aromatic carbocycles. The van der Waals surface area contributed by atoms with E-state index in [1.807, 2.05) is 43.5 Å². The number of rotatable bonds is 8. The number of hydrogen-bond acceptors (Lipinski definition) is 4. The summed E-state index contributed by atoms with van der Waals surface area (Å²) in [5.74, 6) is 2.20. The predicted octanol–water partition coefficient (Wildman–Crippen LogP) is 4.04. The molecule has 1 heterocycles. The molecule has 0 fully saturated rings. The van der Waals surface area contributed by atoms with E-state index in [0.717, 1.165) is 41.3 Å².